The molecule has 0 aromatic heterocycles. The van der Waals surface area contributed by atoms with Crippen molar-refractivity contribution < 1.29 is 37.0 Å². The average molecular weight is 458 g/mol. The maximum Gasteiger partial charge on any atom is 0.321 e. The summed E-state index contributed by atoms with van der Waals surface area (Å²) in [4.78, 5) is 34.7. The number of fused-ring (bicyclic) bond motifs is 1. The monoisotopic (exact) mass is 457 g/mol. The fourth-order valence-electron chi connectivity index (χ4n) is 2.52. The minimum Gasteiger partial charge on any atom is -0.486 e. The molecule has 2 rings (SSSR count). The van der Waals surface area contributed by atoms with Crippen LogP contribution < -0.4 is 24.8 Å². The van der Waals surface area contributed by atoms with Gasteiger partial charge in [0.05, 0.1) is 4.90 Å². The number of amides is 3. The Balaban J connectivity index is 1.65. The Morgan fingerprint density at radius 3 is 2.55 bits per heavy atom. The summed E-state index contributed by atoms with van der Waals surface area (Å²) in [5.74, 6) is -0.591. The molecular formula is C19H27N3O8S. The SMILES string of the molecule is CCCCNC(=O)NC(=O)COC(=O)CCCNS(=O)(=O)c1ccc2c(c1)OCCO2. The number of ether oxygens (including phenoxy) is 3. The Labute approximate surface area is 180 Å². The average Bonchev–Trinajstić information content (AvgIpc) is 2.75. The van der Waals surface area contributed by atoms with Crippen molar-refractivity contribution in [2.45, 2.75) is 37.5 Å². The predicted molar refractivity (Wildman–Crippen MR) is 109 cm³/mol. The van der Waals surface area contributed by atoms with E-state index in [0.29, 0.717) is 31.3 Å². The molecule has 0 saturated heterocycles. The number of nitrogens with one attached hydrogen (secondary N) is 3. The fraction of sp³-hybridized carbons (Fsp3) is 0.526. The van der Waals surface area contributed by atoms with Gasteiger partial charge in [0.25, 0.3) is 5.91 Å². The third-order valence-corrected chi connectivity index (χ3v) is 5.57. The normalized spacial score (nSPS) is 12.7. The van der Waals surface area contributed by atoms with Crippen LogP contribution in [-0.4, -0.2) is 59.2 Å². The molecular weight excluding hydrogens is 430 g/mol. The van der Waals surface area contributed by atoms with Crippen LogP contribution in [0, 0.1) is 0 Å². The highest BCUT2D eigenvalue weighted by molar-refractivity contribution is 7.89. The van der Waals surface area contributed by atoms with E-state index in [-0.39, 0.29) is 24.3 Å². The predicted octanol–water partition coefficient (Wildman–Crippen LogP) is 0.685. The van der Waals surface area contributed by atoms with Crippen LogP contribution in [0.2, 0.25) is 0 Å². The van der Waals surface area contributed by atoms with Gasteiger partial charge in [-0.2, -0.15) is 0 Å². The van der Waals surface area contributed by atoms with Crippen molar-refractivity contribution in [3.63, 3.8) is 0 Å². The van der Waals surface area contributed by atoms with Gasteiger partial charge in [0, 0.05) is 25.6 Å². The molecule has 0 atom stereocenters. The van der Waals surface area contributed by atoms with Crippen molar-refractivity contribution in [2.24, 2.45) is 0 Å². The molecule has 0 radical (unpaired) electrons. The van der Waals surface area contributed by atoms with Gasteiger partial charge in [0.1, 0.15) is 13.2 Å². The van der Waals surface area contributed by atoms with E-state index in [0.717, 1.165) is 12.8 Å². The molecule has 0 bridgehead atoms. The van der Waals surface area contributed by atoms with Gasteiger partial charge in [0.15, 0.2) is 18.1 Å². The van der Waals surface area contributed by atoms with Crippen LogP contribution in [0.3, 0.4) is 0 Å². The summed E-state index contributed by atoms with van der Waals surface area (Å²) in [6.07, 6.45) is 1.76. The summed E-state index contributed by atoms with van der Waals surface area (Å²) in [7, 11) is -3.79. The van der Waals surface area contributed by atoms with Gasteiger partial charge in [-0.05, 0) is 25.0 Å². The number of carbonyl (C=O) groups is 3. The largest absolute Gasteiger partial charge is 0.486 e. The van der Waals surface area contributed by atoms with E-state index in [1.807, 2.05) is 12.2 Å². The smallest absolute Gasteiger partial charge is 0.321 e. The lowest BCUT2D eigenvalue weighted by Gasteiger charge is -2.18. The number of benzene rings is 1. The lowest BCUT2D eigenvalue weighted by Crippen LogP contribution is -2.41. The van der Waals surface area contributed by atoms with E-state index in [2.05, 4.69) is 10.0 Å². The summed E-state index contributed by atoms with van der Waals surface area (Å²) in [5.41, 5.74) is 0. The standard InChI is InChI=1S/C19H27N3O8S/c1-2-3-8-20-19(25)22-17(23)13-30-18(24)5-4-9-21-31(26,27)14-6-7-15-16(12-14)29-11-10-28-15/h6-7,12,21H,2-5,8-11,13H2,1H3,(H2,20,22,23,25). The van der Waals surface area contributed by atoms with Crippen LogP contribution >= 0.6 is 0 Å². The van der Waals surface area contributed by atoms with E-state index < -0.39 is 34.5 Å². The molecule has 0 unspecified atom stereocenters. The maximum atomic E-state index is 12.4. The van der Waals surface area contributed by atoms with E-state index in [9.17, 15) is 22.8 Å². The lowest BCUT2D eigenvalue weighted by atomic mass is 10.3. The van der Waals surface area contributed by atoms with Crippen LogP contribution in [0.25, 0.3) is 0 Å². The maximum absolute atomic E-state index is 12.4. The number of rotatable bonds is 11. The Morgan fingerprint density at radius 1 is 1.06 bits per heavy atom. The summed E-state index contributed by atoms with van der Waals surface area (Å²) in [5, 5.41) is 4.54. The molecule has 3 N–H and O–H groups in total. The first kappa shape index (κ1) is 24.4. The zero-order valence-corrected chi connectivity index (χ0v) is 18.1. The molecule has 0 spiro atoms. The number of carbonyl (C=O) groups excluding carboxylic acids is 3. The third kappa shape index (κ3) is 8.42. The number of imide groups is 1. The number of hydrogen-bond donors (Lipinski definition) is 3. The van der Waals surface area contributed by atoms with Crippen molar-refractivity contribution in [1.82, 2.24) is 15.4 Å². The van der Waals surface area contributed by atoms with Crippen LogP contribution in [0.15, 0.2) is 23.1 Å². The molecule has 1 aliphatic rings. The van der Waals surface area contributed by atoms with Crippen molar-refractivity contribution >= 4 is 27.9 Å². The molecule has 1 heterocycles. The number of sulfonamides is 1. The number of unbranched alkanes of at least 4 members (excludes halogenated alkanes) is 1. The van der Waals surface area contributed by atoms with Crippen LogP contribution in [0.4, 0.5) is 4.79 Å². The minimum atomic E-state index is -3.79. The first-order chi connectivity index (χ1) is 14.8. The highest BCUT2D eigenvalue weighted by atomic mass is 32.2. The van der Waals surface area contributed by atoms with E-state index in [1.54, 1.807) is 0 Å². The van der Waals surface area contributed by atoms with E-state index >= 15 is 0 Å². The van der Waals surface area contributed by atoms with Gasteiger partial charge < -0.3 is 19.5 Å². The Kier molecular flexibility index (Phi) is 9.53. The second-order valence-corrected chi connectivity index (χ2v) is 8.39. The lowest BCUT2D eigenvalue weighted by molar-refractivity contribution is -0.148. The second-order valence-electron chi connectivity index (χ2n) is 6.63. The topological polar surface area (TPSA) is 149 Å². The molecule has 0 fully saturated rings. The second kappa shape index (κ2) is 12.1. The van der Waals surface area contributed by atoms with Gasteiger partial charge in [0.2, 0.25) is 10.0 Å². The third-order valence-electron chi connectivity index (χ3n) is 4.11. The number of esters is 1. The van der Waals surface area contributed by atoms with Crippen molar-refractivity contribution in [1.29, 1.82) is 0 Å². The molecule has 1 aliphatic heterocycles. The summed E-state index contributed by atoms with van der Waals surface area (Å²) >= 11 is 0. The molecule has 11 nitrogen and oxygen atoms in total. The Hall–Kier alpha value is -2.86. The van der Waals surface area contributed by atoms with E-state index in [4.69, 9.17) is 14.2 Å². The van der Waals surface area contributed by atoms with Gasteiger partial charge in [-0.3, -0.25) is 14.9 Å². The fourth-order valence-corrected chi connectivity index (χ4v) is 3.61. The number of hydrogen-bond acceptors (Lipinski definition) is 8. The highest BCUT2D eigenvalue weighted by Gasteiger charge is 2.19. The Morgan fingerprint density at radius 2 is 1.81 bits per heavy atom. The first-order valence-corrected chi connectivity index (χ1v) is 11.4. The van der Waals surface area contributed by atoms with E-state index in [1.165, 1.54) is 18.2 Å². The first-order valence-electron chi connectivity index (χ1n) is 9.94. The summed E-state index contributed by atoms with van der Waals surface area (Å²) < 4.78 is 42.6. The van der Waals surface area contributed by atoms with Gasteiger partial charge >= 0.3 is 12.0 Å². The summed E-state index contributed by atoms with van der Waals surface area (Å²) in [6.45, 7) is 2.56. The van der Waals surface area contributed by atoms with Crippen LogP contribution in [0.5, 0.6) is 11.5 Å². The van der Waals surface area contributed by atoms with Crippen molar-refractivity contribution in [3.05, 3.63) is 18.2 Å². The van der Waals surface area contributed by atoms with Gasteiger partial charge in [-0.1, -0.05) is 13.3 Å². The van der Waals surface area contributed by atoms with Crippen molar-refractivity contribution in [2.75, 3.05) is 32.9 Å². The molecule has 12 heteroatoms. The molecule has 1 aromatic rings. The molecule has 3 amide bonds. The van der Waals surface area contributed by atoms with Crippen LogP contribution in [0.1, 0.15) is 32.6 Å². The minimum absolute atomic E-state index is 0.00208. The highest BCUT2D eigenvalue weighted by Crippen LogP contribution is 2.32. The molecule has 31 heavy (non-hydrogen) atoms. The quantitative estimate of drug-likeness (QED) is 0.324. The molecule has 172 valence electrons. The number of urea groups is 1. The van der Waals surface area contributed by atoms with Gasteiger partial charge in [-0.25, -0.2) is 17.9 Å². The molecule has 0 aliphatic carbocycles. The summed E-state index contributed by atoms with van der Waals surface area (Å²) in [6, 6.07) is 3.65. The molecule has 1 aromatic carbocycles. The zero-order valence-electron chi connectivity index (χ0n) is 17.3. The molecule has 0 saturated carbocycles. The zero-order chi connectivity index (χ0) is 22.7. The van der Waals surface area contributed by atoms with Crippen molar-refractivity contribution in [3.8, 4) is 11.5 Å². The Bertz CT molecular complexity index is 888. The van der Waals surface area contributed by atoms with Gasteiger partial charge in [-0.15, -0.1) is 0 Å². The van der Waals surface area contributed by atoms with Crippen LogP contribution in [-0.2, 0) is 24.3 Å².